The van der Waals surface area contributed by atoms with E-state index in [1.807, 2.05) is 0 Å². The number of rotatable bonds is 6. The van der Waals surface area contributed by atoms with Crippen LogP contribution in [0.1, 0.15) is 24.9 Å². The Labute approximate surface area is 146 Å². The zero-order valence-corrected chi connectivity index (χ0v) is 14.2. The minimum atomic E-state index is -4.90. The van der Waals surface area contributed by atoms with Crippen LogP contribution in [0.15, 0.2) is 47.4 Å². The molecule has 0 spiro atoms. The van der Waals surface area contributed by atoms with Gasteiger partial charge in [-0.15, -0.1) is 13.2 Å². The normalized spacial score (nSPS) is 13.5. The first-order valence-electron chi connectivity index (χ1n) is 7.35. The van der Waals surface area contributed by atoms with Gasteiger partial charge in [0.05, 0.1) is 4.90 Å². The molecule has 2 rings (SSSR count). The fourth-order valence-electron chi connectivity index (χ4n) is 2.22. The quantitative estimate of drug-likeness (QED) is 0.743. The molecule has 0 aliphatic carbocycles. The predicted molar refractivity (Wildman–Crippen MR) is 82.8 cm³/mol. The number of benzene rings is 2. The highest BCUT2D eigenvalue weighted by Gasteiger charge is 2.31. The Morgan fingerprint density at radius 2 is 1.69 bits per heavy atom. The highest BCUT2D eigenvalue weighted by Crippen LogP contribution is 2.26. The van der Waals surface area contributed by atoms with Gasteiger partial charge in [-0.25, -0.2) is 21.9 Å². The van der Waals surface area contributed by atoms with Crippen LogP contribution in [0.2, 0.25) is 0 Å². The van der Waals surface area contributed by atoms with Crippen LogP contribution in [-0.4, -0.2) is 14.8 Å². The van der Waals surface area contributed by atoms with Crippen molar-refractivity contribution in [3.8, 4) is 5.75 Å². The highest BCUT2D eigenvalue weighted by atomic mass is 32.2. The largest absolute Gasteiger partial charge is 0.573 e. The second-order valence-electron chi connectivity index (χ2n) is 5.27. The van der Waals surface area contributed by atoms with Gasteiger partial charge in [0.15, 0.2) is 0 Å². The van der Waals surface area contributed by atoms with Crippen molar-refractivity contribution in [2.75, 3.05) is 0 Å². The number of hydrogen-bond donors (Lipinski definition) is 1. The predicted octanol–water partition coefficient (Wildman–Crippen LogP) is 4.29. The molecule has 0 radical (unpaired) electrons. The molecule has 2 aromatic rings. The number of ether oxygens (including phenoxy) is 1. The van der Waals surface area contributed by atoms with Gasteiger partial charge in [0.2, 0.25) is 10.0 Å². The molecule has 0 aliphatic rings. The SMILES string of the molecule is CC[C@H](NS(=O)(=O)c1ccc(OC(F)(F)F)cc1)c1cc(F)ccc1F. The summed E-state index contributed by atoms with van der Waals surface area (Å²) in [7, 11) is -4.19. The molecule has 0 unspecified atom stereocenters. The average molecular weight is 395 g/mol. The molecular formula is C16H14F5NO3S. The molecular weight excluding hydrogens is 381 g/mol. The van der Waals surface area contributed by atoms with Gasteiger partial charge in [-0.3, -0.25) is 0 Å². The molecule has 0 heterocycles. The first-order valence-corrected chi connectivity index (χ1v) is 8.83. The van der Waals surface area contributed by atoms with Crippen LogP contribution < -0.4 is 9.46 Å². The van der Waals surface area contributed by atoms with Crippen molar-refractivity contribution in [3.05, 3.63) is 59.7 Å². The molecule has 142 valence electrons. The van der Waals surface area contributed by atoms with Crippen molar-refractivity contribution >= 4 is 10.0 Å². The first-order chi connectivity index (χ1) is 12.0. The van der Waals surface area contributed by atoms with Gasteiger partial charge < -0.3 is 4.74 Å². The first kappa shape index (κ1) is 20.1. The van der Waals surface area contributed by atoms with Crippen molar-refractivity contribution < 1.29 is 35.1 Å². The molecule has 2 aromatic carbocycles. The summed E-state index contributed by atoms with van der Waals surface area (Å²) >= 11 is 0. The van der Waals surface area contributed by atoms with Crippen molar-refractivity contribution in [1.29, 1.82) is 0 Å². The maximum absolute atomic E-state index is 13.9. The molecule has 0 saturated carbocycles. The Balaban J connectivity index is 2.25. The summed E-state index contributed by atoms with van der Waals surface area (Å²) in [5.41, 5.74) is -0.173. The van der Waals surface area contributed by atoms with Gasteiger partial charge in [-0.05, 0) is 48.9 Å². The number of nitrogens with one attached hydrogen (secondary N) is 1. The summed E-state index contributed by atoms with van der Waals surface area (Å²) in [6, 6.07) is 5.12. The third-order valence-electron chi connectivity index (χ3n) is 3.41. The van der Waals surface area contributed by atoms with Crippen LogP contribution >= 0.6 is 0 Å². The molecule has 0 aromatic heterocycles. The van der Waals surface area contributed by atoms with Crippen LogP contribution in [0.5, 0.6) is 5.75 Å². The van der Waals surface area contributed by atoms with E-state index >= 15 is 0 Å². The van der Waals surface area contributed by atoms with E-state index < -0.39 is 39.8 Å². The Kier molecular flexibility index (Phi) is 5.87. The summed E-state index contributed by atoms with van der Waals surface area (Å²) in [6.07, 6.45) is -4.78. The molecule has 4 nitrogen and oxygen atoms in total. The van der Waals surface area contributed by atoms with E-state index in [9.17, 15) is 30.4 Å². The molecule has 26 heavy (non-hydrogen) atoms. The van der Waals surface area contributed by atoms with Gasteiger partial charge >= 0.3 is 6.36 Å². The van der Waals surface area contributed by atoms with E-state index in [0.717, 1.165) is 42.5 Å². The lowest BCUT2D eigenvalue weighted by Gasteiger charge is -2.18. The second kappa shape index (κ2) is 7.58. The van der Waals surface area contributed by atoms with Crippen LogP contribution in [0.25, 0.3) is 0 Å². The Morgan fingerprint density at radius 3 is 2.23 bits per heavy atom. The summed E-state index contributed by atoms with van der Waals surface area (Å²) in [6.45, 7) is 1.57. The maximum atomic E-state index is 13.9. The van der Waals surface area contributed by atoms with Gasteiger partial charge in [0, 0.05) is 11.6 Å². The van der Waals surface area contributed by atoms with Gasteiger partial charge in [-0.1, -0.05) is 6.92 Å². The molecule has 10 heteroatoms. The summed E-state index contributed by atoms with van der Waals surface area (Å²) in [4.78, 5) is -0.345. The van der Waals surface area contributed by atoms with E-state index in [-0.39, 0.29) is 16.9 Å². The van der Waals surface area contributed by atoms with Crippen LogP contribution in [-0.2, 0) is 10.0 Å². The molecule has 0 saturated heterocycles. The van der Waals surface area contributed by atoms with Crippen molar-refractivity contribution in [3.63, 3.8) is 0 Å². The number of halogens is 5. The third-order valence-corrected chi connectivity index (χ3v) is 4.89. The minimum absolute atomic E-state index is 0.120. The Hall–Kier alpha value is -2.20. The van der Waals surface area contributed by atoms with Crippen molar-refractivity contribution in [1.82, 2.24) is 4.72 Å². The monoisotopic (exact) mass is 395 g/mol. The maximum Gasteiger partial charge on any atom is 0.573 e. The van der Waals surface area contributed by atoms with Crippen LogP contribution in [0, 0.1) is 11.6 Å². The highest BCUT2D eigenvalue weighted by molar-refractivity contribution is 7.89. The van der Waals surface area contributed by atoms with Crippen LogP contribution in [0.4, 0.5) is 22.0 Å². The van der Waals surface area contributed by atoms with Gasteiger partial charge in [0.1, 0.15) is 17.4 Å². The minimum Gasteiger partial charge on any atom is -0.406 e. The fraction of sp³-hybridized carbons (Fsp3) is 0.250. The van der Waals surface area contributed by atoms with E-state index in [1.165, 1.54) is 0 Å². The average Bonchev–Trinajstić information content (AvgIpc) is 2.54. The van der Waals surface area contributed by atoms with Crippen molar-refractivity contribution in [2.24, 2.45) is 0 Å². The number of hydrogen-bond acceptors (Lipinski definition) is 3. The van der Waals surface area contributed by atoms with Crippen LogP contribution in [0.3, 0.4) is 0 Å². The summed E-state index contributed by atoms with van der Waals surface area (Å²) < 4.78 is 94.2. The molecule has 1 atom stereocenters. The Morgan fingerprint density at radius 1 is 1.08 bits per heavy atom. The Bertz CT molecular complexity index is 866. The van der Waals surface area contributed by atoms with E-state index in [0.29, 0.717) is 0 Å². The lowest BCUT2D eigenvalue weighted by atomic mass is 10.1. The number of sulfonamides is 1. The molecule has 1 N–H and O–H groups in total. The lowest BCUT2D eigenvalue weighted by molar-refractivity contribution is -0.274. The lowest BCUT2D eigenvalue weighted by Crippen LogP contribution is -2.29. The smallest absolute Gasteiger partial charge is 0.406 e. The second-order valence-corrected chi connectivity index (χ2v) is 6.98. The van der Waals surface area contributed by atoms with Crippen molar-refractivity contribution in [2.45, 2.75) is 30.6 Å². The molecule has 0 fully saturated rings. The van der Waals surface area contributed by atoms with Gasteiger partial charge in [0.25, 0.3) is 0 Å². The third kappa shape index (κ3) is 5.15. The molecule has 0 bridgehead atoms. The zero-order valence-electron chi connectivity index (χ0n) is 13.3. The summed E-state index contributed by atoms with van der Waals surface area (Å²) in [5.74, 6) is -2.10. The van der Waals surface area contributed by atoms with E-state index in [4.69, 9.17) is 0 Å². The standard InChI is InChI=1S/C16H14F5NO3S/c1-2-15(13-9-10(17)3-8-14(13)18)22-26(23,24)12-6-4-11(5-7-12)25-16(19,20)21/h3-9,15,22H,2H2,1H3/t15-/m0/s1. The van der Waals surface area contributed by atoms with Gasteiger partial charge in [-0.2, -0.15) is 0 Å². The van der Waals surface area contributed by atoms with E-state index in [1.54, 1.807) is 6.92 Å². The van der Waals surface area contributed by atoms with E-state index in [2.05, 4.69) is 9.46 Å². The fourth-order valence-corrected chi connectivity index (χ4v) is 3.52. The molecule has 0 aliphatic heterocycles. The summed E-state index contributed by atoms with van der Waals surface area (Å²) in [5, 5.41) is 0. The zero-order chi connectivity index (χ0) is 19.5. The molecule has 0 amide bonds. The topological polar surface area (TPSA) is 55.4 Å². The number of alkyl halides is 3.